The van der Waals surface area contributed by atoms with E-state index in [2.05, 4.69) is 26.1 Å². The number of alkyl halides is 1. The minimum absolute atomic E-state index is 0.238. The summed E-state index contributed by atoms with van der Waals surface area (Å²) in [5.74, 6) is 0.700. The minimum atomic E-state index is -0.403. The van der Waals surface area contributed by atoms with E-state index < -0.39 is 6.67 Å². The summed E-state index contributed by atoms with van der Waals surface area (Å²) in [5, 5.41) is 3.25. The topological polar surface area (TPSA) is 28.4 Å². The molecular weight excluding hydrogens is 263 g/mol. The maximum absolute atomic E-state index is 13.0. The standard InChI is InChI=1S/C10H14BrFN2O/c11-10-2-1-9(15-10)8(7-12)14-5-3-13-4-6-14/h1-2,8,13H,3-7H2/t8-/m1/s1. The number of nitrogens with one attached hydrogen (secondary N) is 1. The van der Waals surface area contributed by atoms with E-state index in [1.165, 1.54) is 0 Å². The molecule has 0 spiro atoms. The van der Waals surface area contributed by atoms with E-state index in [0.717, 1.165) is 26.2 Å². The SMILES string of the molecule is FC[C@H](c1ccc(Br)o1)N1CCNCC1. The van der Waals surface area contributed by atoms with Gasteiger partial charge in [-0.3, -0.25) is 4.90 Å². The van der Waals surface area contributed by atoms with Gasteiger partial charge in [-0.05, 0) is 28.1 Å². The van der Waals surface area contributed by atoms with Crippen molar-refractivity contribution in [2.75, 3.05) is 32.9 Å². The quantitative estimate of drug-likeness (QED) is 0.915. The Morgan fingerprint density at radius 2 is 2.20 bits per heavy atom. The summed E-state index contributed by atoms with van der Waals surface area (Å²) in [6.45, 7) is 3.16. The molecule has 1 atom stereocenters. The second-order valence-corrected chi connectivity index (χ2v) is 4.38. The second kappa shape index (κ2) is 5.09. The van der Waals surface area contributed by atoms with Gasteiger partial charge in [0.25, 0.3) is 0 Å². The van der Waals surface area contributed by atoms with Crippen LogP contribution in [0.3, 0.4) is 0 Å². The first-order valence-corrected chi connectivity index (χ1v) is 5.86. The monoisotopic (exact) mass is 276 g/mol. The van der Waals surface area contributed by atoms with E-state index in [1.54, 1.807) is 6.07 Å². The first-order chi connectivity index (χ1) is 7.31. The molecule has 15 heavy (non-hydrogen) atoms. The van der Waals surface area contributed by atoms with Crippen molar-refractivity contribution in [2.24, 2.45) is 0 Å². The zero-order valence-corrected chi connectivity index (χ0v) is 9.96. The average Bonchev–Trinajstić information content (AvgIpc) is 2.68. The molecular formula is C10H14BrFN2O. The first kappa shape index (κ1) is 11.1. The molecule has 2 rings (SSSR count). The molecule has 1 aromatic rings. The molecule has 1 saturated heterocycles. The lowest BCUT2D eigenvalue weighted by molar-refractivity contribution is 0.129. The lowest BCUT2D eigenvalue weighted by Gasteiger charge is -2.32. The number of halogens is 2. The highest BCUT2D eigenvalue weighted by Gasteiger charge is 2.24. The summed E-state index contributed by atoms with van der Waals surface area (Å²) in [7, 11) is 0. The van der Waals surface area contributed by atoms with Crippen molar-refractivity contribution >= 4 is 15.9 Å². The highest BCUT2D eigenvalue weighted by molar-refractivity contribution is 9.10. The third-order valence-corrected chi connectivity index (χ3v) is 3.09. The Hall–Kier alpha value is -0.390. The van der Waals surface area contributed by atoms with Gasteiger partial charge >= 0.3 is 0 Å². The molecule has 1 aliphatic rings. The fourth-order valence-electron chi connectivity index (χ4n) is 1.85. The van der Waals surface area contributed by atoms with Crippen LogP contribution in [-0.4, -0.2) is 37.8 Å². The molecule has 1 aliphatic heterocycles. The van der Waals surface area contributed by atoms with Crippen LogP contribution in [0.15, 0.2) is 21.2 Å². The molecule has 0 bridgehead atoms. The van der Waals surface area contributed by atoms with E-state index in [9.17, 15) is 4.39 Å². The number of piperazine rings is 1. The van der Waals surface area contributed by atoms with E-state index in [1.807, 2.05) is 6.07 Å². The van der Waals surface area contributed by atoms with Crippen LogP contribution in [0.5, 0.6) is 0 Å². The second-order valence-electron chi connectivity index (χ2n) is 3.60. The van der Waals surface area contributed by atoms with Gasteiger partial charge in [-0.2, -0.15) is 0 Å². The number of furan rings is 1. The van der Waals surface area contributed by atoms with Crippen molar-refractivity contribution in [2.45, 2.75) is 6.04 Å². The van der Waals surface area contributed by atoms with Crippen molar-refractivity contribution in [3.05, 3.63) is 22.6 Å². The van der Waals surface area contributed by atoms with Crippen molar-refractivity contribution in [3.8, 4) is 0 Å². The zero-order chi connectivity index (χ0) is 10.7. The zero-order valence-electron chi connectivity index (χ0n) is 8.38. The lowest BCUT2D eigenvalue weighted by Crippen LogP contribution is -2.45. The summed E-state index contributed by atoms with van der Waals surface area (Å²) < 4.78 is 19.1. The fourth-order valence-corrected chi connectivity index (χ4v) is 2.17. The Kier molecular flexibility index (Phi) is 3.77. The Balaban J connectivity index is 2.08. The van der Waals surface area contributed by atoms with Crippen LogP contribution < -0.4 is 5.32 Å². The molecule has 0 aliphatic carbocycles. The minimum Gasteiger partial charge on any atom is -0.453 e. The maximum Gasteiger partial charge on any atom is 0.169 e. The number of hydrogen-bond donors (Lipinski definition) is 1. The number of rotatable bonds is 3. The van der Waals surface area contributed by atoms with Crippen LogP contribution in [0.1, 0.15) is 11.8 Å². The van der Waals surface area contributed by atoms with Crippen LogP contribution >= 0.6 is 15.9 Å². The molecule has 0 saturated carbocycles. The number of nitrogens with zero attached hydrogens (tertiary/aromatic N) is 1. The lowest BCUT2D eigenvalue weighted by atomic mass is 10.2. The molecule has 5 heteroatoms. The Morgan fingerprint density at radius 3 is 2.73 bits per heavy atom. The van der Waals surface area contributed by atoms with Gasteiger partial charge in [0, 0.05) is 26.2 Å². The van der Waals surface area contributed by atoms with Crippen molar-refractivity contribution in [1.29, 1.82) is 0 Å². The number of hydrogen-bond acceptors (Lipinski definition) is 3. The largest absolute Gasteiger partial charge is 0.453 e. The molecule has 1 N–H and O–H groups in total. The van der Waals surface area contributed by atoms with Gasteiger partial charge in [0.1, 0.15) is 12.4 Å². The van der Waals surface area contributed by atoms with Crippen molar-refractivity contribution < 1.29 is 8.81 Å². The molecule has 0 aromatic carbocycles. The van der Waals surface area contributed by atoms with Crippen molar-refractivity contribution in [3.63, 3.8) is 0 Å². The molecule has 1 aromatic heterocycles. The normalized spacial score (nSPS) is 20.4. The highest BCUT2D eigenvalue weighted by atomic mass is 79.9. The van der Waals surface area contributed by atoms with Crippen LogP contribution in [0.2, 0.25) is 0 Å². The summed E-state index contributed by atoms with van der Waals surface area (Å²) in [6.07, 6.45) is 0. The smallest absolute Gasteiger partial charge is 0.169 e. The molecule has 1 fully saturated rings. The van der Waals surface area contributed by atoms with Crippen LogP contribution in [0.25, 0.3) is 0 Å². The molecule has 3 nitrogen and oxygen atoms in total. The van der Waals surface area contributed by atoms with E-state index >= 15 is 0 Å². The van der Waals surface area contributed by atoms with Gasteiger partial charge < -0.3 is 9.73 Å². The molecule has 0 unspecified atom stereocenters. The Morgan fingerprint density at radius 1 is 1.47 bits per heavy atom. The maximum atomic E-state index is 13.0. The highest BCUT2D eigenvalue weighted by Crippen LogP contribution is 2.25. The first-order valence-electron chi connectivity index (χ1n) is 5.07. The summed E-state index contributed by atoms with van der Waals surface area (Å²) in [6, 6.07) is 3.40. The molecule has 0 radical (unpaired) electrons. The van der Waals surface area contributed by atoms with E-state index in [4.69, 9.17) is 4.42 Å². The van der Waals surface area contributed by atoms with Crippen LogP contribution in [0, 0.1) is 0 Å². The Bertz CT molecular complexity index is 312. The van der Waals surface area contributed by atoms with Gasteiger partial charge in [0.05, 0.1) is 6.04 Å². The van der Waals surface area contributed by atoms with Gasteiger partial charge in [0.15, 0.2) is 4.67 Å². The predicted molar refractivity (Wildman–Crippen MR) is 59.6 cm³/mol. The molecule has 2 heterocycles. The van der Waals surface area contributed by atoms with E-state index in [0.29, 0.717) is 10.4 Å². The summed E-state index contributed by atoms with van der Waals surface area (Å²) >= 11 is 3.23. The predicted octanol–water partition coefficient (Wildman–Crippen LogP) is 1.96. The summed E-state index contributed by atoms with van der Waals surface area (Å²) in [4.78, 5) is 2.11. The average molecular weight is 277 g/mol. The van der Waals surface area contributed by atoms with E-state index in [-0.39, 0.29) is 6.04 Å². The fraction of sp³-hybridized carbons (Fsp3) is 0.600. The van der Waals surface area contributed by atoms with Gasteiger partial charge in [-0.1, -0.05) is 0 Å². The third kappa shape index (κ3) is 2.59. The van der Waals surface area contributed by atoms with Gasteiger partial charge in [-0.15, -0.1) is 0 Å². The summed E-state index contributed by atoms with van der Waals surface area (Å²) in [5.41, 5.74) is 0. The van der Waals surface area contributed by atoms with Crippen LogP contribution in [0.4, 0.5) is 4.39 Å². The third-order valence-electron chi connectivity index (χ3n) is 2.66. The Labute approximate surface area is 96.8 Å². The molecule has 0 amide bonds. The van der Waals surface area contributed by atoms with Crippen LogP contribution in [-0.2, 0) is 0 Å². The van der Waals surface area contributed by atoms with Crippen molar-refractivity contribution in [1.82, 2.24) is 10.2 Å². The van der Waals surface area contributed by atoms with Gasteiger partial charge in [0.2, 0.25) is 0 Å². The van der Waals surface area contributed by atoms with Gasteiger partial charge in [-0.25, -0.2) is 4.39 Å². The molecule has 84 valence electrons.